The number of nitrogens with one attached hydrogen (secondary N) is 2. The van der Waals surface area contributed by atoms with Crippen molar-refractivity contribution in [2.75, 3.05) is 18.9 Å². The lowest BCUT2D eigenvalue weighted by atomic mass is 10.0. The number of nitrogen functional groups attached to an aromatic ring is 1. The normalized spacial score (nSPS) is 18.5. The minimum Gasteiger partial charge on any atom is -0.493 e. The van der Waals surface area contributed by atoms with Crippen molar-refractivity contribution in [3.8, 4) is 11.5 Å². The van der Waals surface area contributed by atoms with Crippen LogP contribution in [-0.2, 0) is 6.42 Å². The van der Waals surface area contributed by atoms with Crippen molar-refractivity contribution in [1.82, 2.24) is 10.9 Å². The first-order valence-corrected chi connectivity index (χ1v) is 10.0. The maximum absolute atomic E-state index is 5.88. The zero-order valence-corrected chi connectivity index (χ0v) is 16.4. The Morgan fingerprint density at radius 3 is 2.45 bits per heavy atom. The Hall–Kier alpha value is -3.02. The van der Waals surface area contributed by atoms with E-state index in [4.69, 9.17) is 15.2 Å². The van der Waals surface area contributed by atoms with Gasteiger partial charge in [-0.2, -0.15) is 0 Å². The SMILES string of the molecule is Nc1cccc(OCC2CC(c3ccc(OCCc4ccccc4)cc3)NN2)c1. The van der Waals surface area contributed by atoms with Crippen LogP contribution in [0.1, 0.15) is 23.6 Å². The van der Waals surface area contributed by atoms with Crippen LogP contribution in [0.3, 0.4) is 0 Å². The van der Waals surface area contributed by atoms with Gasteiger partial charge in [0.2, 0.25) is 0 Å². The van der Waals surface area contributed by atoms with E-state index in [9.17, 15) is 0 Å². The number of benzene rings is 3. The molecule has 0 aliphatic carbocycles. The highest BCUT2D eigenvalue weighted by Crippen LogP contribution is 2.25. The molecule has 1 aliphatic rings. The molecule has 5 heteroatoms. The van der Waals surface area contributed by atoms with Crippen LogP contribution in [-0.4, -0.2) is 19.3 Å². The first kappa shape index (κ1) is 19.3. The standard InChI is InChI=1S/C24H27N3O2/c25-20-7-4-8-23(15-20)29-17-21-16-24(27-26-21)19-9-11-22(12-10-19)28-14-13-18-5-2-1-3-6-18/h1-12,15,21,24,26-27H,13-14,16-17,25H2. The molecule has 3 aromatic carbocycles. The van der Waals surface area contributed by atoms with Crippen LogP contribution in [0.2, 0.25) is 0 Å². The number of rotatable bonds is 8. The predicted molar refractivity (Wildman–Crippen MR) is 116 cm³/mol. The molecule has 0 saturated carbocycles. The van der Waals surface area contributed by atoms with Crippen LogP contribution in [0, 0.1) is 0 Å². The Morgan fingerprint density at radius 2 is 1.66 bits per heavy atom. The van der Waals surface area contributed by atoms with Crippen LogP contribution in [0.5, 0.6) is 11.5 Å². The van der Waals surface area contributed by atoms with Crippen molar-refractivity contribution in [1.29, 1.82) is 0 Å². The summed E-state index contributed by atoms with van der Waals surface area (Å²) < 4.78 is 11.7. The Bertz CT molecular complexity index is 900. The molecule has 2 atom stereocenters. The summed E-state index contributed by atoms with van der Waals surface area (Å²) in [6.45, 7) is 1.27. The Labute approximate surface area is 171 Å². The summed E-state index contributed by atoms with van der Waals surface area (Å²) in [4.78, 5) is 0. The summed E-state index contributed by atoms with van der Waals surface area (Å²) in [5.74, 6) is 1.70. The number of hydrogen-bond donors (Lipinski definition) is 3. The molecule has 3 aromatic rings. The minimum atomic E-state index is 0.239. The lowest BCUT2D eigenvalue weighted by molar-refractivity contribution is 0.273. The second-order valence-corrected chi connectivity index (χ2v) is 7.31. The molecule has 0 spiro atoms. The van der Waals surface area contributed by atoms with Gasteiger partial charge in [0.1, 0.15) is 18.1 Å². The fraction of sp³-hybridized carbons (Fsp3) is 0.250. The van der Waals surface area contributed by atoms with Gasteiger partial charge in [0.25, 0.3) is 0 Å². The van der Waals surface area contributed by atoms with Crippen LogP contribution in [0.25, 0.3) is 0 Å². The summed E-state index contributed by atoms with van der Waals surface area (Å²) in [5, 5.41) is 0. The highest BCUT2D eigenvalue weighted by molar-refractivity contribution is 5.43. The summed E-state index contributed by atoms with van der Waals surface area (Å²) in [7, 11) is 0. The molecule has 29 heavy (non-hydrogen) atoms. The van der Waals surface area contributed by atoms with Crippen LogP contribution in [0.4, 0.5) is 5.69 Å². The molecule has 0 radical (unpaired) electrons. The van der Waals surface area contributed by atoms with Crippen molar-refractivity contribution in [3.05, 3.63) is 90.0 Å². The van der Waals surface area contributed by atoms with Gasteiger partial charge in [0.15, 0.2) is 0 Å². The molecular weight excluding hydrogens is 362 g/mol. The maximum Gasteiger partial charge on any atom is 0.121 e. The molecule has 2 unspecified atom stereocenters. The maximum atomic E-state index is 5.88. The lowest BCUT2D eigenvalue weighted by Crippen LogP contribution is -2.34. The Kier molecular flexibility index (Phi) is 6.29. The van der Waals surface area contributed by atoms with E-state index < -0.39 is 0 Å². The Morgan fingerprint density at radius 1 is 0.828 bits per heavy atom. The highest BCUT2D eigenvalue weighted by atomic mass is 16.5. The Balaban J connectivity index is 1.23. The van der Waals surface area contributed by atoms with E-state index in [1.807, 2.05) is 42.5 Å². The van der Waals surface area contributed by atoms with Crippen molar-refractivity contribution in [3.63, 3.8) is 0 Å². The molecule has 5 nitrogen and oxygen atoms in total. The molecule has 4 N–H and O–H groups in total. The van der Waals surface area contributed by atoms with Crippen LogP contribution in [0.15, 0.2) is 78.9 Å². The molecule has 1 aliphatic heterocycles. The molecule has 1 saturated heterocycles. The predicted octanol–water partition coefficient (Wildman–Crippen LogP) is 3.88. The van der Waals surface area contributed by atoms with E-state index in [1.54, 1.807) is 0 Å². The third kappa shape index (κ3) is 5.50. The van der Waals surface area contributed by atoms with E-state index in [2.05, 4.69) is 47.2 Å². The van der Waals surface area contributed by atoms with Gasteiger partial charge in [-0.25, -0.2) is 5.43 Å². The van der Waals surface area contributed by atoms with E-state index in [0.717, 1.165) is 24.3 Å². The molecule has 0 amide bonds. The van der Waals surface area contributed by atoms with E-state index >= 15 is 0 Å². The molecule has 150 valence electrons. The van der Waals surface area contributed by atoms with Gasteiger partial charge < -0.3 is 15.2 Å². The van der Waals surface area contributed by atoms with E-state index in [1.165, 1.54) is 11.1 Å². The molecule has 4 rings (SSSR count). The van der Waals surface area contributed by atoms with Gasteiger partial charge in [-0.3, -0.25) is 5.43 Å². The van der Waals surface area contributed by atoms with Gasteiger partial charge in [-0.05, 0) is 41.8 Å². The van der Waals surface area contributed by atoms with Gasteiger partial charge in [0.05, 0.1) is 12.6 Å². The first-order valence-electron chi connectivity index (χ1n) is 10.0. The number of hydrazine groups is 1. The summed E-state index contributed by atoms with van der Waals surface area (Å²) >= 11 is 0. The van der Waals surface area contributed by atoms with Crippen molar-refractivity contribution in [2.24, 2.45) is 0 Å². The number of anilines is 1. The van der Waals surface area contributed by atoms with Crippen molar-refractivity contribution < 1.29 is 9.47 Å². The van der Waals surface area contributed by atoms with E-state index in [0.29, 0.717) is 18.9 Å². The molecule has 0 aromatic heterocycles. The fourth-order valence-electron chi connectivity index (χ4n) is 3.48. The summed E-state index contributed by atoms with van der Waals surface area (Å²) in [6.07, 6.45) is 1.86. The quantitative estimate of drug-likeness (QED) is 0.510. The largest absolute Gasteiger partial charge is 0.493 e. The third-order valence-corrected chi connectivity index (χ3v) is 5.08. The number of nitrogens with two attached hydrogens (primary N) is 1. The summed E-state index contributed by atoms with van der Waals surface area (Å²) in [5.41, 5.74) is 15.7. The van der Waals surface area contributed by atoms with E-state index in [-0.39, 0.29) is 12.1 Å². The molecule has 0 bridgehead atoms. The fourth-order valence-corrected chi connectivity index (χ4v) is 3.48. The number of ether oxygens (including phenoxy) is 2. The van der Waals surface area contributed by atoms with Gasteiger partial charge in [0, 0.05) is 24.2 Å². The first-order chi connectivity index (χ1) is 14.3. The summed E-state index contributed by atoms with van der Waals surface area (Å²) in [6, 6.07) is 26.7. The zero-order chi connectivity index (χ0) is 19.9. The van der Waals surface area contributed by atoms with Crippen LogP contribution < -0.4 is 26.1 Å². The second-order valence-electron chi connectivity index (χ2n) is 7.31. The average Bonchev–Trinajstić information content (AvgIpc) is 3.23. The van der Waals surface area contributed by atoms with Gasteiger partial charge in [-0.1, -0.05) is 48.5 Å². The monoisotopic (exact) mass is 389 g/mol. The highest BCUT2D eigenvalue weighted by Gasteiger charge is 2.25. The average molecular weight is 389 g/mol. The third-order valence-electron chi connectivity index (χ3n) is 5.08. The molecular formula is C24H27N3O2. The second kappa shape index (κ2) is 9.45. The smallest absolute Gasteiger partial charge is 0.121 e. The number of hydrogen-bond acceptors (Lipinski definition) is 5. The molecule has 1 heterocycles. The minimum absolute atomic E-state index is 0.239. The molecule has 1 fully saturated rings. The zero-order valence-electron chi connectivity index (χ0n) is 16.4. The van der Waals surface area contributed by atoms with Crippen molar-refractivity contribution >= 4 is 5.69 Å². The van der Waals surface area contributed by atoms with Crippen molar-refractivity contribution in [2.45, 2.75) is 24.9 Å². The van der Waals surface area contributed by atoms with Crippen LogP contribution >= 0.6 is 0 Å². The lowest BCUT2D eigenvalue weighted by Gasteiger charge is -2.12. The van der Waals surface area contributed by atoms with Gasteiger partial charge in [-0.15, -0.1) is 0 Å². The van der Waals surface area contributed by atoms with Gasteiger partial charge >= 0.3 is 0 Å². The topological polar surface area (TPSA) is 68.5 Å².